The SMILES string of the molecule is CCCC=CC1CCC(CCCC[C@H]2CC[C@H](CCC)CC2)CC1. The number of allylic oxidation sites excluding steroid dienone is 2. The van der Waals surface area contributed by atoms with Crippen LogP contribution in [0.25, 0.3) is 0 Å². The van der Waals surface area contributed by atoms with Crippen molar-refractivity contribution < 1.29 is 0 Å². The molecule has 2 aliphatic carbocycles. The van der Waals surface area contributed by atoms with E-state index in [9.17, 15) is 0 Å². The number of hydrogen-bond acceptors (Lipinski definition) is 0. The van der Waals surface area contributed by atoms with Crippen LogP contribution in [-0.2, 0) is 0 Å². The van der Waals surface area contributed by atoms with Crippen molar-refractivity contribution in [2.24, 2.45) is 23.7 Å². The average molecular weight is 333 g/mol. The Morgan fingerprint density at radius 1 is 0.625 bits per heavy atom. The molecule has 24 heavy (non-hydrogen) atoms. The molecule has 2 rings (SSSR count). The van der Waals surface area contributed by atoms with Gasteiger partial charge < -0.3 is 0 Å². The van der Waals surface area contributed by atoms with Gasteiger partial charge in [0.1, 0.15) is 0 Å². The lowest BCUT2D eigenvalue weighted by molar-refractivity contribution is 0.242. The third-order valence-corrected chi connectivity index (χ3v) is 6.89. The Hall–Kier alpha value is -0.260. The van der Waals surface area contributed by atoms with Gasteiger partial charge in [-0.3, -0.25) is 0 Å². The number of hydrogen-bond donors (Lipinski definition) is 0. The Morgan fingerprint density at radius 3 is 1.62 bits per heavy atom. The molecule has 0 spiro atoms. The fourth-order valence-electron chi connectivity index (χ4n) is 5.21. The zero-order valence-corrected chi connectivity index (χ0v) is 16.8. The van der Waals surface area contributed by atoms with Gasteiger partial charge in [-0.1, -0.05) is 96.6 Å². The molecule has 2 fully saturated rings. The molecule has 2 saturated carbocycles. The van der Waals surface area contributed by atoms with Crippen LogP contribution >= 0.6 is 0 Å². The van der Waals surface area contributed by atoms with Crippen LogP contribution in [0.4, 0.5) is 0 Å². The van der Waals surface area contributed by atoms with Crippen molar-refractivity contribution in [3.63, 3.8) is 0 Å². The fraction of sp³-hybridized carbons (Fsp3) is 0.917. The van der Waals surface area contributed by atoms with Crippen molar-refractivity contribution in [1.29, 1.82) is 0 Å². The summed E-state index contributed by atoms with van der Waals surface area (Å²) in [7, 11) is 0. The predicted octanol–water partition coefficient (Wildman–Crippen LogP) is 8.32. The highest BCUT2D eigenvalue weighted by molar-refractivity contribution is 4.90. The smallest absolute Gasteiger partial charge is 0.0233 e. The van der Waals surface area contributed by atoms with E-state index in [1.54, 1.807) is 12.8 Å². The molecule has 140 valence electrons. The zero-order chi connectivity index (χ0) is 17.0. The Kier molecular flexibility index (Phi) is 10.2. The molecule has 2 aliphatic rings. The Bertz CT molecular complexity index is 313. The van der Waals surface area contributed by atoms with Gasteiger partial charge in [-0.2, -0.15) is 0 Å². The van der Waals surface area contributed by atoms with Gasteiger partial charge in [0.15, 0.2) is 0 Å². The molecule has 0 amide bonds. The van der Waals surface area contributed by atoms with Crippen LogP contribution in [0.3, 0.4) is 0 Å². The van der Waals surface area contributed by atoms with E-state index in [4.69, 9.17) is 0 Å². The Balaban J connectivity index is 1.47. The number of unbranched alkanes of at least 4 members (excludes halogenated alkanes) is 2. The van der Waals surface area contributed by atoms with Gasteiger partial charge in [0.25, 0.3) is 0 Å². The van der Waals surface area contributed by atoms with Gasteiger partial charge in [0.05, 0.1) is 0 Å². The molecule has 0 saturated heterocycles. The molecule has 0 unspecified atom stereocenters. The largest absolute Gasteiger partial charge is 0.0883 e. The van der Waals surface area contributed by atoms with Crippen LogP contribution in [0.2, 0.25) is 0 Å². The first-order chi connectivity index (χ1) is 11.8. The van der Waals surface area contributed by atoms with E-state index < -0.39 is 0 Å². The van der Waals surface area contributed by atoms with Gasteiger partial charge in [-0.15, -0.1) is 0 Å². The minimum Gasteiger partial charge on any atom is -0.0883 e. The second kappa shape index (κ2) is 12.2. The van der Waals surface area contributed by atoms with E-state index in [1.165, 1.54) is 89.9 Å². The summed E-state index contributed by atoms with van der Waals surface area (Å²) >= 11 is 0. The lowest BCUT2D eigenvalue weighted by Gasteiger charge is -2.29. The Labute approximate surface area is 152 Å². The summed E-state index contributed by atoms with van der Waals surface area (Å²) in [6.45, 7) is 4.62. The maximum atomic E-state index is 2.52. The van der Waals surface area contributed by atoms with E-state index in [1.807, 2.05) is 0 Å². The fourth-order valence-corrected chi connectivity index (χ4v) is 5.21. The highest BCUT2D eigenvalue weighted by Crippen LogP contribution is 2.36. The van der Waals surface area contributed by atoms with Crippen molar-refractivity contribution in [2.45, 2.75) is 117 Å². The molecule has 0 aromatic carbocycles. The number of rotatable bonds is 10. The minimum atomic E-state index is 0.908. The van der Waals surface area contributed by atoms with Gasteiger partial charge >= 0.3 is 0 Å². The van der Waals surface area contributed by atoms with E-state index in [0.29, 0.717) is 0 Å². The van der Waals surface area contributed by atoms with Crippen molar-refractivity contribution in [3.8, 4) is 0 Å². The summed E-state index contributed by atoms with van der Waals surface area (Å²) < 4.78 is 0. The van der Waals surface area contributed by atoms with Crippen molar-refractivity contribution in [3.05, 3.63) is 12.2 Å². The van der Waals surface area contributed by atoms with Crippen LogP contribution in [0, 0.1) is 23.7 Å². The predicted molar refractivity (Wildman–Crippen MR) is 108 cm³/mol. The highest BCUT2D eigenvalue weighted by atomic mass is 14.3. The molecular formula is C24H44. The summed E-state index contributed by atoms with van der Waals surface area (Å²) in [6, 6.07) is 0. The second-order valence-corrected chi connectivity index (χ2v) is 8.96. The average Bonchev–Trinajstić information content (AvgIpc) is 2.62. The first-order valence-corrected chi connectivity index (χ1v) is 11.5. The first kappa shape index (κ1) is 20.1. The maximum Gasteiger partial charge on any atom is -0.0233 e. The van der Waals surface area contributed by atoms with E-state index in [0.717, 1.165) is 23.7 Å². The van der Waals surface area contributed by atoms with Gasteiger partial charge in [0.2, 0.25) is 0 Å². The second-order valence-electron chi connectivity index (χ2n) is 8.96. The standard InChI is InChI=1S/C24H44/c1-3-5-6-10-22-17-19-24(20-18-22)12-8-7-11-23-15-13-21(9-4-2)14-16-23/h6,10,21-24H,3-5,7-9,11-20H2,1-2H3/t21-,22?,23-,24?. The minimum absolute atomic E-state index is 0.908. The molecular weight excluding hydrogens is 288 g/mol. The summed E-state index contributed by atoms with van der Waals surface area (Å²) in [5.74, 6) is 4.12. The van der Waals surface area contributed by atoms with Gasteiger partial charge in [-0.05, 0) is 55.8 Å². The normalized spacial score (nSPS) is 31.6. The van der Waals surface area contributed by atoms with Gasteiger partial charge in [0, 0.05) is 0 Å². The zero-order valence-electron chi connectivity index (χ0n) is 16.8. The highest BCUT2D eigenvalue weighted by Gasteiger charge is 2.21. The van der Waals surface area contributed by atoms with Crippen molar-refractivity contribution >= 4 is 0 Å². The van der Waals surface area contributed by atoms with Crippen LogP contribution in [-0.4, -0.2) is 0 Å². The molecule has 0 heterocycles. The van der Waals surface area contributed by atoms with Gasteiger partial charge in [-0.25, -0.2) is 0 Å². The molecule has 0 radical (unpaired) electrons. The lowest BCUT2D eigenvalue weighted by atomic mass is 9.77. The van der Waals surface area contributed by atoms with E-state index in [-0.39, 0.29) is 0 Å². The summed E-state index contributed by atoms with van der Waals surface area (Å²) in [5.41, 5.74) is 0. The summed E-state index contributed by atoms with van der Waals surface area (Å²) in [5, 5.41) is 0. The molecule has 0 nitrogen and oxygen atoms in total. The first-order valence-electron chi connectivity index (χ1n) is 11.5. The van der Waals surface area contributed by atoms with E-state index >= 15 is 0 Å². The van der Waals surface area contributed by atoms with Crippen molar-refractivity contribution in [1.82, 2.24) is 0 Å². The maximum absolute atomic E-state index is 2.52. The summed E-state index contributed by atoms with van der Waals surface area (Å²) in [6.07, 6.45) is 28.6. The lowest BCUT2D eigenvalue weighted by Crippen LogP contribution is -2.15. The molecule has 0 bridgehead atoms. The topological polar surface area (TPSA) is 0 Å². The van der Waals surface area contributed by atoms with Crippen LogP contribution < -0.4 is 0 Å². The molecule has 0 N–H and O–H groups in total. The van der Waals surface area contributed by atoms with Crippen LogP contribution in [0.15, 0.2) is 12.2 Å². The molecule has 0 aromatic heterocycles. The van der Waals surface area contributed by atoms with E-state index in [2.05, 4.69) is 26.0 Å². The third-order valence-electron chi connectivity index (χ3n) is 6.89. The molecule has 0 aliphatic heterocycles. The monoisotopic (exact) mass is 332 g/mol. The van der Waals surface area contributed by atoms with Crippen LogP contribution in [0.5, 0.6) is 0 Å². The molecule has 0 atom stereocenters. The molecule has 0 heteroatoms. The quantitative estimate of drug-likeness (QED) is 0.278. The Morgan fingerprint density at radius 2 is 1.12 bits per heavy atom. The van der Waals surface area contributed by atoms with Crippen LogP contribution in [0.1, 0.15) is 117 Å². The third kappa shape index (κ3) is 7.75. The summed E-state index contributed by atoms with van der Waals surface area (Å²) in [4.78, 5) is 0. The molecule has 0 aromatic rings. The van der Waals surface area contributed by atoms with Crippen molar-refractivity contribution in [2.75, 3.05) is 0 Å².